The van der Waals surface area contributed by atoms with Crippen LogP contribution in [-0.4, -0.2) is 42.8 Å². The highest BCUT2D eigenvalue weighted by Crippen LogP contribution is 2.30. The zero-order chi connectivity index (χ0) is 15.8. The average molecular weight is 318 g/mol. The van der Waals surface area contributed by atoms with E-state index in [-0.39, 0.29) is 12.1 Å². The van der Waals surface area contributed by atoms with Crippen LogP contribution in [0.1, 0.15) is 39.4 Å². The molecule has 1 aromatic rings. The molecule has 1 N–H and O–H groups in total. The second kappa shape index (κ2) is 9.41. The smallest absolute Gasteiger partial charge is 0.0835 e. The van der Waals surface area contributed by atoms with Gasteiger partial charge in [0.25, 0.3) is 0 Å². The van der Waals surface area contributed by atoms with E-state index in [9.17, 15) is 0 Å². The van der Waals surface area contributed by atoms with E-state index in [1.165, 1.54) is 0 Å². The first kappa shape index (κ1) is 18.4. The van der Waals surface area contributed by atoms with Gasteiger partial charge in [-0.3, -0.25) is 4.68 Å². The van der Waals surface area contributed by atoms with Crippen LogP contribution in [0.15, 0.2) is 6.20 Å². The third kappa shape index (κ3) is 4.95. The Balaban J connectivity index is 3.11. The van der Waals surface area contributed by atoms with Crippen molar-refractivity contribution < 1.29 is 9.47 Å². The zero-order valence-electron chi connectivity index (χ0n) is 13.7. The second-order valence-corrected chi connectivity index (χ2v) is 5.70. The Labute approximate surface area is 132 Å². The minimum atomic E-state index is 0.0156. The van der Waals surface area contributed by atoms with Gasteiger partial charge in [0, 0.05) is 13.7 Å². The molecule has 2 unspecified atom stereocenters. The van der Waals surface area contributed by atoms with Crippen LogP contribution in [0.3, 0.4) is 0 Å². The van der Waals surface area contributed by atoms with Gasteiger partial charge in [0.05, 0.1) is 42.2 Å². The molecular formula is C15H28ClN3O2. The van der Waals surface area contributed by atoms with Crippen LogP contribution in [0.2, 0.25) is 5.02 Å². The van der Waals surface area contributed by atoms with Gasteiger partial charge in [-0.05, 0) is 19.4 Å². The molecule has 0 saturated heterocycles. The number of nitrogens with zero attached hydrogens (tertiary/aromatic N) is 2. The lowest BCUT2D eigenvalue weighted by atomic mass is 9.96. The van der Waals surface area contributed by atoms with Crippen LogP contribution in [0, 0.1) is 5.92 Å². The van der Waals surface area contributed by atoms with Crippen LogP contribution in [-0.2, 0) is 16.0 Å². The molecule has 0 aromatic carbocycles. The first-order valence-electron chi connectivity index (χ1n) is 7.61. The summed E-state index contributed by atoms with van der Waals surface area (Å²) in [6.07, 6.45) is 1.74. The minimum Gasteiger partial charge on any atom is -0.383 e. The Morgan fingerprint density at radius 3 is 2.62 bits per heavy atom. The third-order valence-electron chi connectivity index (χ3n) is 3.40. The fourth-order valence-electron chi connectivity index (χ4n) is 2.49. The molecule has 0 fully saturated rings. The van der Waals surface area contributed by atoms with Crippen LogP contribution in [0.4, 0.5) is 0 Å². The van der Waals surface area contributed by atoms with Crippen molar-refractivity contribution in [3.63, 3.8) is 0 Å². The highest BCUT2D eigenvalue weighted by molar-refractivity contribution is 6.31. The van der Waals surface area contributed by atoms with Crippen LogP contribution in [0.5, 0.6) is 0 Å². The summed E-state index contributed by atoms with van der Waals surface area (Å²) in [5.74, 6) is 0.371. The Morgan fingerprint density at radius 2 is 2.10 bits per heavy atom. The molecule has 0 bridgehead atoms. The number of hydrogen-bond acceptors (Lipinski definition) is 4. The molecule has 122 valence electrons. The van der Waals surface area contributed by atoms with Crippen molar-refractivity contribution in [2.75, 3.05) is 26.9 Å². The third-order valence-corrected chi connectivity index (χ3v) is 3.70. The molecular weight excluding hydrogens is 290 g/mol. The summed E-state index contributed by atoms with van der Waals surface area (Å²) in [5, 5.41) is 8.53. The van der Waals surface area contributed by atoms with Crippen molar-refractivity contribution in [2.45, 2.75) is 46.4 Å². The molecule has 0 radical (unpaired) electrons. The number of methoxy groups -OCH3 is 1. The van der Waals surface area contributed by atoms with Gasteiger partial charge in [-0.25, -0.2) is 0 Å². The predicted molar refractivity (Wildman–Crippen MR) is 85.8 cm³/mol. The van der Waals surface area contributed by atoms with Gasteiger partial charge in [0.2, 0.25) is 0 Å². The monoisotopic (exact) mass is 317 g/mol. The summed E-state index contributed by atoms with van der Waals surface area (Å²) in [5.41, 5.74) is 0.975. The van der Waals surface area contributed by atoms with Crippen molar-refractivity contribution in [1.82, 2.24) is 15.1 Å². The van der Waals surface area contributed by atoms with Crippen molar-refractivity contribution in [2.24, 2.45) is 5.92 Å². The highest BCUT2D eigenvalue weighted by atomic mass is 35.5. The van der Waals surface area contributed by atoms with Gasteiger partial charge in [-0.15, -0.1) is 0 Å². The maximum absolute atomic E-state index is 6.38. The van der Waals surface area contributed by atoms with E-state index in [2.05, 4.69) is 31.2 Å². The Hall–Kier alpha value is -0.620. The first-order valence-corrected chi connectivity index (χ1v) is 7.99. The molecule has 0 saturated carbocycles. The highest BCUT2D eigenvalue weighted by Gasteiger charge is 2.30. The van der Waals surface area contributed by atoms with E-state index >= 15 is 0 Å². The molecule has 2 atom stereocenters. The largest absolute Gasteiger partial charge is 0.383 e. The molecule has 21 heavy (non-hydrogen) atoms. The predicted octanol–water partition coefficient (Wildman–Crippen LogP) is 2.89. The van der Waals surface area contributed by atoms with Crippen LogP contribution in [0.25, 0.3) is 0 Å². The lowest BCUT2D eigenvalue weighted by Crippen LogP contribution is -2.39. The summed E-state index contributed by atoms with van der Waals surface area (Å²) in [4.78, 5) is 0. The Bertz CT molecular complexity index is 410. The average Bonchev–Trinajstić information content (AvgIpc) is 2.81. The lowest BCUT2D eigenvalue weighted by molar-refractivity contribution is 0.000854. The summed E-state index contributed by atoms with van der Waals surface area (Å²) in [7, 11) is 1.68. The molecule has 0 aliphatic rings. The SMILES string of the molecule is CCNC(c1c(Cl)cnn1CCOC)C(OCC)C(C)C. The van der Waals surface area contributed by atoms with Gasteiger partial charge >= 0.3 is 0 Å². The molecule has 1 aromatic heterocycles. The Kier molecular flexibility index (Phi) is 8.26. The number of ether oxygens (including phenoxy) is 2. The maximum Gasteiger partial charge on any atom is 0.0835 e. The quantitative estimate of drug-likeness (QED) is 0.721. The number of rotatable bonds is 10. The van der Waals surface area contributed by atoms with Crippen molar-refractivity contribution in [3.8, 4) is 0 Å². The molecule has 1 heterocycles. The normalized spacial score (nSPS) is 14.6. The van der Waals surface area contributed by atoms with E-state index in [1.54, 1.807) is 13.3 Å². The minimum absolute atomic E-state index is 0.0156. The van der Waals surface area contributed by atoms with Gasteiger partial charge in [0.15, 0.2) is 0 Å². The Morgan fingerprint density at radius 1 is 1.38 bits per heavy atom. The molecule has 1 rings (SSSR count). The fraction of sp³-hybridized carbons (Fsp3) is 0.800. The molecule has 0 amide bonds. The van der Waals surface area contributed by atoms with Crippen LogP contribution < -0.4 is 5.32 Å². The molecule has 0 aliphatic carbocycles. The number of likely N-dealkylation sites (N-methyl/N-ethyl adjacent to an activating group) is 1. The number of nitrogens with one attached hydrogen (secondary N) is 1. The topological polar surface area (TPSA) is 48.3 Å². The van der Waals surface area contributed by atoms with Gasteiger partial charge < -0.3 is 14.8 Å². The maximum atomic E-state index is 6.38. The standard InChI is InChI=1S/C15H28ClN3O2/c1-6-17-13(15(11(3)4)21-7-2)14-12(16)10-18-19(14)8-9-20-5/h10-11,13,15,17H,6-9H2,1-5H3. The number of halogens is 1. The molecule has 0 spiro atoms. The lowest BCUT2D eigenvalue weighted by Gasteiger charge is -2.31. The van der Waals surface area contributed by atoms with E-state index in [0.29, 0.717) is 30.7 Å². The fourth-order valence-corrected chi connectivity index (χ4v) is 2.75. The van der Waals surface area contributed by atoms with E-state index in [1.807, 2.05) is 11.6 Å². The van der Waals surface area contributed by atoms with E-state index in [4.69, 9.17) is 21.1 Å². The van der Waals surface area contributed by atoms with Gasteiger partial charge in [-0.2, -0.15) is 5.10 Å². The van der Waals surface area contributed by atoms with Gasteiger partial charge in [-0.1, -0.05) is 32.4 Å². The summed E-state index contributed by atoms with van der Waals surface area (Å²) >= 11 is 6.38. The summed E-state index contributed by atoms with van der Waals surface area (Å²) < 4.78 is 13.0. The summed E-state index contributed by atoms with van der Waals surface area (Å²) in [6.45, 7) is 11.2. The van der Waals surface area contributed by atoms with Crippen LogP contribution >= 0.6 is 11.6 Å². The first-order chi connectivity index (χ1) is 10.1. The van der Waals surface area contributed by atoms with E-state index in [0.717, 1.165) is 12.2 Å². The molecule has 0 aliphatic heterocycles. The number of aromatic nitrogens is 2. The van der Waals surface area contributed by atoms with Crippen molar-refractivity contribution >= 4 is 11.6 Å². The van der Waals surface area contributed by atoms with Crippen molar-refractivity contribution in [1.29, 1.82) is 0 Å². The summed E-state index contributed by atoms with van der Waals surface area (Å²) in [6, 6.07) is 0.0156. The zero-order valence-corrected chi connectivity index (χ0v) is 14.5. The molecule has 6 heteroatoms. The second-order valence-electron chi connectivity index (χ2n) is 5.29. The van der Waals surface area contributed by atoms with Crippen molar-refractivity contribution in [3.05, 3.63) is 16.9 Å². The molecule has 5 nitrogen and oxygen atoms in total. The van der Waals surface area contributed by atoms with E-state index < -0.39 is 0 Å². The van der Waals surface area contributed by atoms with Gasteiger partial charge in [0.1, 0.15) is 0 Å². The number of hydrogen-bond donors (Lipinski definition) is 1.